The molecule has 0 spiro atoms. The number of aryl methyl sites for hydroxylation is 2. The smallest absolute Gasteiger partial charge is 0.307 e. The zero-order valence-corrected chi connectivity index (χ0v) is 17.6. The number of fused-ring (bicyclic) bond motifs is 1. The maximum Gasteiger partial charge on any atom is 0.307 e. The lowest BCUT2D eigenvalue weighted by Gasteiger charge is -2.15. The van der Waals surface area contributed by atoms with Crippen LogP contribution in [0.3, 0.4) is 0 Å². The molecule has 0 saturated carbocycles. The number of benzene rings is 2. The number of sulfonamides is 1. The van der Waals surface area contributed by atoms with E-state index in [0.29, 0.717) is 16.0 Å². The average Bonchev–Trinajstić information content (AvgIpc) is 3.26. The molecule has 10 heteroatoms. The van der Waals surface area contributed by atoms with E-state index in [1.807, 2.05) is 31.2 Å². The van der Waals surface area contributed by atoms with Gasteiger partial charge in [0.15, 0.2) is 0 Å². The number of thiazole rings is 1. The molecule has 0 aliphatic rings. The highest BCUT2D eigenvalue weighted by Gasteiger charge is 2.24. The molecule has 0 N–H and O–H groups in total. The fraction of sp³-hybridized carbons (Fsp3) is 0.211. The van der Waals surface area contributed by atoms with Crippen molar-refractivity contribution in [1.82, 2.24) is 19.0 Å². The van der Waals surface area contributed by atoms with Crippen LogP contribution >= 0.6 is 11.3 Å². The van der Waals surface area contributed by atoms with Crippen molar-refractivity contribution in [3.63, 3.8) is 0 Å². The molecule has 150 valence electrons. The van der Waals surface area contributed by atoms with Gasteiger partial charge in [0.05, 0.1) is 21.7 Å². The van der Waals surface area contributed by atoms with E-state index in [4.69, 9.17) is 4.52 Å². The molecule has 0 bridgehead atoms. The third-order valence-corrected chi connectivity index (χ3v) is 7.48. The Balaban J connectivity index is 1.60. The number of rotatable bonds is 5. The summed E-state index contributed by atoms with van der Waals surface area (Å²) in [5.74, 6) is 0.610. The second-order valence-electron chi connectivity index (χ2n) is 6.64. The van der Waals surface area contributed by atoms with Crippen molar-refractivity contribution >= 4 is 31.6 Å². The molecule has 8 nitrogen and oxygen atoms in total. The van der Waals surface area contributed by atoms with Crippen LogP contribution in [0.1, 0.15) is 11.5 Å². The lowest BCUT2D eigenvalue weighted by Crippen LogP contribution is -2.26. The Morgan fingerprint density at radius 3 is 2.72 bits per heavy atom. The number of hydrogen-bond acceptors (Lipinski definition) is 7. The average molecular weight is 431 g/mol. The van der Waals surface area contributed by atoms with Gasteiger partial charge in [0.1, 0.15) is 0 Å². The van der Waals surface area contributed by atoms with Gasteiger partial charge in [-0.1, -0.05) is 40.8 Å². The molecule has 2 heterocycles. The van der Waals surface area contributed by atoms with Gasteiger partial charge in [-0.05, 0) is 30.7 Å². The summed E-state index contributed by atoms with van der Waals surface area (Å²) in [6.45, 7) is 1.88. The van der Waals surface area contributed by atoms with Gasteiger partial charge in [-0.25, -0.2) is 8.42 Å². The molecule has 0 aliphatic carbocycles. The summed E-state index contributed by atoms with van der Waals surface area (Å²) in [4.78, 5) is 16.1. The molecule has 0 amide bonds. The van der Waals surface area contributed by atoms with Gasteiger partial charge in [0.2, 0.25) is 21.7 Å². The molecule has 0 atom stereocenters. The van der Waals surface area contributed by atoms with Crippen LogP contribution in [0.15, 0.2) is 56.7 Å². The predicted molar refractivity (Wildman–Crippen MR) is 110 cm³/mol. The van der Waals surface area contributed by atoms with Gasteiger partial charge >= 0.3 is 4.87 Å². The molecule has 4 aromatic rings. The van der Waals surface area contributed by atoms with E-state index in [9.17, 15) is 13.2 Å². The van der Waals surface area contributed by atoms with Crippen LogP contribution in [0.2, 0.25) is 0 Å². The molecule has 0 fully saturated rings. The summed E-state index contributed by atoms with van der Waals surface area (Å²) in [6.07, 6.45) is 0. The quantitative estimate of drug-likeness (QED) is 0.483. The third kappa shape index (κ3) is 3.50. The minimum absolute atomic E-state index is 0.0652. The Bertz CT molecular complexity index is 1370. The van der Waals surface area contributed by atoms with Crippen LogP contribution in [0.4, 0.5) is 0 Å². The molecule has 0 unspecified atom stereocenters. The van der Waals surface area contributed by atoms with Crippen molar-refractivity contribution in [1.29, 1.82) is 0 Å². The zero-order chi connectivity index (χ0) is 20.8. The third-order valence-electron chi connectivity index (χ3n) is 4.68. The summed E-state index contributed by atoms with van der Waals surface area (Å²) < 4.78 is 34.4. The first-order valence-electron chi connectivity index (χ1n) is 8.72. The van der Waals surface area contributed by atoms with E-state index < -0.39 is 10.0 Å². The lowest BCUT2D eigenvalue weighted by atomic mass is 10.1. The van der Waals surface area contributed by atoms with Gasteiger partial charge in [-0.15, -0.1) is 0 Å². The predicted octanol–water partition coefficient (Wildman–Crippen LogP) is 2.78. The maximum atomic E-state index is 13.0. The van der Waals surface area contributed by atoms with E-state index in [1.54, 1.807) is 13.1 Å². The van der Waals surface area contributed by atoms with Crippen LogP contribution in [0.5, 0.6) is 0 Å². The normalized spacial score (nSPS) is 12.1. The van der Waals surface area contributed by atoms with E-state index in [2.05, 4.69) is 10.1 Å². The fourth-order valence-electron chi connectivity index (χ4n) is 2.98. The van der Waals surface area contributed by atoms with Crippen molar-refractivity contribution in [3.05, 3.63) is 63.6 Å². The van der Waals surface area contributed by atoms with Crippen LogP contribution < -0.4 is 4.87 Å². The molecular formula is C19H18N4O4S2. The first-order chi connectivity index (χ1) is 13.8. The van der Waals surface area contributed by atoms with Gasteiger partial charge < -0.3 is 9.09 Å². The van der Waals surface area contributed by atoms with Crippen molar-refractivity contribution in [2.24, 2.45) is 7.05 Å². The topological polar surface area (TPSA) is 98.3 Å². The Morgan fingerprint density at radius 1 is 1.21 bits per heavy atom. The van der Waals surface area contributed by atoms with Crippen LogP contribution in [-0.2, 0) is 23.6 Å². The Labute approximate surface area is 171 Å². The number of aromatic nitrogens is 3. The molecule has 0 aliphatic heterocycles. The second-order valence-corrected chi connectivity index (χ2v) is 9.68. The van der Waals surface area contributed by atoms with Gasteiger partial charge in [0.25, 0.3) is 0 Å². The first-order valence-corrected chi connectivity index (χ1v) is 11.0. The van der Waals surface area contributed by atoms with Crippen molar-refractivity contribution in [2.45, 2.75) is 18.4 Å². The summed E-state index contributed by atoms with van der Waals surface area (Å²) in [5, 5.41) is 3.97. The summed E-state index contributed by atoms with van der Waals surface area (Å²) in [5.41, 5.74) is 2.52. The highest BCUT2D eigenvalue weighted by Crippen LogP contribution is 2.24. The lowest BCUT2D eigenvalue weighted by molar-refractivity contribution is 0.337. The highest BCUT2D eigenvalue weighted by atomic mass is 32.2. The van der Waals surface area contributed by atoms with Crippen LogP contribution in [0, 0.1) is 6.92 Å². The summed E-state index contributed by atoms with van der Waals surface area (Å²) in [7, 11) is -0.690. The Kier molecular flexibility index (Phi) is 4.85. The van der Waals surface area contributed by atoms with E-state index >= 15 is 0 Å². The standard InChI is InChI=1S/C19H18N4O4S2/c1-12-6-4-5-7-14(12)18-20-17(27-21-18)11-22(2)29(25,26)13-8-9-15-16(10-13)28-19(24)23(15)3/h4-10H,11H2,1-3H3. The molecule has 2 aromatic heterocycles. The molecular weight excluding hydrogens is 412 g/mol. The fourth-order valence-corrected chi connectivity index (χ4v) is 5.12. The first kappa shape index (κ1) is 19.5. The number of nitrogens with zero attached hydrogens (tertiary/aromatic N) is 4. The Hall–Kier alpha value is -2.82. The molecule has 0 radical (unpaired) electrons. The second kappa shape index (κ2) is 7.21. The van der Waals surface area contributed by atoms with Crippen molar-refractivity contribution in [3.8, 4) is 11.4 Å². The van der Waals surface area contributed by atoms with E-state index in [0.717, 1.165) is 26.8 Å². The summed E-state index contributed by atoms with van der Waals surface area (Å²) in [6, 6.07) is 12.3. The van der Waals surface area contributed by atoms with Gasteiger partial charge in [-0.2, -0.15) is 9.29 Å². The molecule has 4 rings (SSSR count). The van der Waals surface area contributed by atoms with Gasteiger partial charge in [-0.3, -0.25) is 4.79 Å². The van der Waals surface area contributed by atoms with Crippen molar-refractivity contribution in [2.75, 3.05) is 7.05 Å². The maximum absolute atomic E-state index is 13.0. The van der Waals surface area contributed by atoms with Gasteiger partial charge in [0, 0.05) is 19.7 Å². The molecule has 0 saturated heterocycles. The highest BCUT2D eigenvalue weighted by molar-refractivity contribution is 7.89. The van der Waals surface area contributed by atoms with Crippen LogP contribution in [0.25, 0.3) is 21.6 Å². The largest absolute Gasteiger partial charge is 0.338 e. The molecule has 29 heavy (non-hydrogen) atoms. The van der Waals surface area contributed by atoms with Crippen molar-refractivity contribution < 1.29 is 12.9 Å². The SMILES string of the molecule is Cc1ccccc1-c1noc(CN(C)S(=O)(=O)c2ccc3c(c2)sc(=O)n3C)n1. The zero-order valence-electron chi connectivity index (χ0n) is 16.0. The molecule has 2 aromatic carbocycles. The number of hydrogen-bond donors (Lipinski definition) is 0. The minimum Gasteiger partial charge on any atom is -0.338 e. The summed E-state index contributed by atoms with van der Waals surface area (Å²) >= 11 is 1.01. The minimum atomic E-state index is -3.79. The monoisotopic (exact) mass is 430 g/mol. The van der Waals surface area contributed by atoms with Crippen LogP contribution in [-0.4, -0.2) is 34.5 Å². The van der Waals surface area contributed by atoms with E-state index in [-0.39, 0.29) is 22.2 Å². The van der Waals surface area contributed by atoms with E-state index in [1.165, 1.54) is 23.7 Å². The Morgan fingerprint density at radius 2 is 1.97 bits per heavy atom.